The van der Waals surface area contributed by atoms with E-state index in [4.69, 9.17) is 23.2 Å². The Hall–Kier alpha value is -2.88. The summed E-state index contributed by atoms with van der Waals surface area (Å²) in [4.78, 5) is 27.9. The zero-order valence-corrected chi connectivity index (χ0v) is 18.1. The minimum atomic E-state index is -0.608. The minimum Gasteiger partial charge on any atom is -0.311 e. The van der Waals surface area contributed by atoms with Gasteiger partial charge in [0.05, 0.1) is 0 Å². The third kappa shape index (κ3) is 4.90. The highest BCUT2D eigenvalue weighted by Gasteiger charge is 2.17. The van der Waals surface area contributed by atoms with Crippen LogP contribution in [0.2, 0.25) is 10.0 Å². The minimum absolute atomic E-state index is 0.149. The number of benzene rings is 2. The quantitative estimate of drug-likeness (QED) is 0.409. The number of aromatic nitrogens is 5. The van der Waals surface area contributed by atoms with Gasteiger partial charge in [0, 0.05) is 45.2 Å². The first-order valence-corrected chi connectivity index (χ1v) is 10.7. The number of rotatable bonds is 6. The summed E-state index contributed by atoms with van der Waals surface area (Å²) in [6, 6.07) is 12.8. The van der Waals surface area contributed by atoms with Gasteiger partial charge in [-0.15, -0.1) is 10.2 Å². The first kappa shape index (κ1) is 21.4. The van der Waals surface area contributed by atoms with Gasteiger partial charge in [-0.3, -0.25) is 14.3 Å². The van der Waals surface area contributed by atoms with Gasteiger partial charge < -0.3 is 4.98 Å². The monoisotopic (exact) mass is 477 g/mol. The van der Waals surface area contributed by atoms with E-state index in [0.717, 1.165) is 5.69 Å². The van der Waals surface area contributed by atoms with Crippen molar-refractivity contribution < 1.29 is 4.39 Å². The fourth-order valence-electron chi connectivity index (χ4n) is 2.95. The number of hydrogen-bond acceptors (Lipinski definition) is 5. The summed E-state index contributed by atoms with van der Waals surface area (Å²) in [5, 5.41) is 9.83. The topological polar surface area (TPSA) is 96.4 Å². The van der Waals surface area contributed by atoms with Crippen molar-refractivity contribution in [3.8, 4) is 5.69 Å². The molecule has 0 unspecified atom stereocenters. The van der Waals surface area contributed by atoms with Crippen LogP contribution in [0.3, 0.4) is 0 Å². The average molecular weight is 478 g/mol. The van der Waals surface area contributed by atoms with Crippen LogP contribution in [-0.2, 0) is 12.2 Å². The van der Waals surface area contributed by atoms with E-state index in [-0.39, 0.29) is 12.2 Å². The second kappa shape index (κ2) is 9.09. The molecule has 0 spiro atoms. The Morgan fingerprint density at radius 3 is 2.52 bits per heavy atom. The zero-order chi connectivity index (χ0) is 22.0. The van der Waals surface area contributed by atoms with E-state index in [1.54, 1.807) is 41.0 Å². The first-order valence-electron chi connectivity index (χ1n) is 8.99. The average Bonchev–Trinajstić information content (AvgIpc) is 3.10. The summed E-state index contributed by atoms with van der Waals surface area (Å²) in [5.41, 5.74) is 0.341. The second-order valence-electron chi connectivity index (χ2n) is 6.49. The molecular formula is C20H14Cl2FN5O2S. The smallest absolute Gasteiger partial charge is 0.311 e. The van der Waals surface area contributed by atoms with Crippen molar-refractivity contribution in [2.75, 3.05) is 0 Å². The molecular weight excluding hydrogens is 464 g/mol. The van der Waals surface area contributed by atoms with Gasteiger partial charge in [0.15, 0.2) is 5.16 Å². The summed E-state index contributed by atoms with van der Waals surface area (Å²) in [5.74, 6) is 0.309. The van der Waals surface area contributed by atoms with Crippen molar-refractivity contribution in [2.45, 2.75) is 17.3 Å². The van der Waals surface area contributed by atoms with E-state index in [2.05, 4.69) is 20.2 Å². The maximum atomic E-state index is 14.2. The van der Waals surface area contributed by atoms with Gasteiger partial charge in [0.2, 0.25) is 0 Å². The van der Waals surface area contributed by atoms with Crippen LogP contribution in [0.1, 0.15) is 17.1 Å². The van der Waals surface area contributed by atoms with Crippen molar-refractivity contribution in [2.24, 2.45) is 0 Å². The highest BCUT2D eigenvalue weighted by Crippen LogP contribution is 2.30. The van der Waals surface area contributed by atoms with E-state index in [1.807, 2.05) is 0 Å². The molecule has 158 valence electrons. The van der Waals surface area contributed by atoms with Gasteiger partial charge in [0.25, 0.3) is 5.56 Å². The molecule has 4 rings (SSSR count). The summed E-state index contributed by atoms with van der Waals surface area (Å²) >= 11 is 13.4. The maximum Gasteiger partial charge on any atom is 0.325 e. The lowest BCUT2D eigenvalue weighted by Gasteiger charge is -2.11. The molecule has 0 saturated heterocycles. The van der Waals surface area contributed by atoms with E-state index < -0.39 is 17.1 Å². The van der Waals surface area contributed by atoms with E-state index in [0.29, 0.717) is 32.3 Å². The molecule has 2 aromatic heterocycles. The molecule has 0 saturated carbocycles. The lowest BCUT2D eigenvalue weighted by atomic mass is 10.2. The SMILES string of the molecule is O=c1cc(Cc2nnc(SCc3c(F)cccc3Cl)n2-c2ccc(Cl)cc2)[nH]c(=O)[nH]1. The first-order chi connectivity index (χ1) is 14.9. The summed E-state index contributed by atoms with van der Waals surface area (Å²) in [6.07, 6.45) is 0.149. The number of aromatic amines is 2. The normalized spacial score (nSPS) is 11.1. The van der Waals surface area contributed by atoms with E-state index in [1.165, 1.54) is 23.9 Å². The molecule has 0 atom stereocenters. The van der Waals surface area contributed by atoms with Gasteiger partial charge in [-0.05, 0) is 36.4 Å². The largest absolute Gasteiger partial charge is 0.325 e. The molecule has 0 aliphatic carbocycles. The Bertz CT molecular complexity index is 1300. The number of H-pyrrole nitrogens is 2. The third-order valence-corrected chi connectivity index (χ3v) is 5.92. The Kier molecular flexibility index (Phi) is 6.26. The number of nitrogens with one attached hydrogen (secondary N) is 2. The van der Waals surface area contributed by atoms with Crippen molar-refractivity contribution >= 4 is 35.0 Å². The molecule has 0 bridgehead atoms. The fraction of sp³-hybridized carbons (Fsp3) is 0.100. The number of nitrogens with zero attached hydrogens (tertiary/aromatic N) is 3. The number of thioether (sulfide) groups is 1. The van der Waals surface area contributed by atoms with Gasteiger partial charge in [0.1, 0.15) is 11.6 Å². The van der Waals surface area contributed by atoms with Crippen LogP contribution in [0, 0.1) is 5.82 Å². The molecule has 4 aromatic rings. The van der Waals surface area contributed by atoms with E-state index in [9.17, 15) is 14.0 Å². The molecule has 0 aliphatic heterocycles. The van der Waals surface area contributed by atoms with Crippen LogP contribution in [0.4, 0.5) is 4.39 Å². The van der Waals surface area contributed by atoms with Crippen LogP contribution in [0.5, 0.6) is 0 Å². The lowest BCUT2D eigenvalue weighted by molar-refractivity contribution is 0.617. The Balaban J connectivity index is 1.72. The third-order valence-electron chi connectivity index (χ3n) is 4.36. The Morgan fingerprint density at radius 2 is 1.81 bits per heavy atom. The van der Waals surface area contributed by atoms with Crippen LogP contribution in [0.25, 0.3) is 5.69 Å². The molecule has 0 radical (unpaired) electrons. The van der Waals surface area contributed by atoms with Crippen molar-refractivity contribution in [1.82, 2.24) is 24.7 Å². The predicted octanol–water partition coefficient (Wildman–Crippen LogP) is 3.97. The van der Waals surface area contributed by atoms with Gasteiger partial charge in [-0.2, -0.15) is 0 Å². The standard InChI is InChI=1S/C20H14Cl2FN5O2S/c21-11-4-6-13(7-5-11)28-17(8-12-9-18(29)25-19(30)24-12)26-27-20(28)31-10-14-15(22)2-1-3-16(14)23/h1-7,9H,8,10H2,(H2,24,25,29,30). The zero-order valence-electron chi connectivity index (χ0n) is 15.7. The Labute approximate surface area is 189 Å². The molecule has 0 fully saturated rings. The van der Waals surface area contributed by atoms with Gasteiger partial charge >= 0.3 is 5.69 Å². The van der Waals surface area contributed by atoms with Crippen molar-refractivity contribution in [3.63, 3.8) is 0 Å². The molecule has 2 aromatic carbocycles. The summed E-state index contributed by atoms with van der Waals surface area (Å²) in [7, 11) is 0. The van der Waals surface area contributed by atoms with Gasteiger partial charge in [-0.25, -0.2) is 9.18 Å². The van der Waals surface area contributed by atoms with Crippen LogP contribution < -0.4 is 11.2 Å². The highest BCUT2D eigenvalue weighted by atomic mass is 35.5. The fourth-order valence-corrected chi connectivity index (χ4v) is 4.39. The molecule has 0 amide bonds. The van der Waals surface area contributed by atoms with Crippen LogP contribution in [0.15, 0.2) is 63.3 Å². The summed E-state index contributed by atoms with van der Waals surface area (Å²) < 4.78 is 15.9. The number of halogens is 3. The molecule has 2 heterocycles. The lowest BCUT2D eigenvalue weighted by Crippen LogP contribution is -2.23. The molecule has 31 heavy (non-hydrogen) atoms. The van der Waals surface area contributed by atoms with E-state index >= 15 is 0 Å². The predicted molar refractivity (Wildman–Crippen MR) is 118 cm³/mol. The van der Waals surface area contributed by atoms with Crippen LogP contribution in [-0.4, -0.2) is 24.7 Å². The van der Waals surface area contributed by atoms with Crippen molar-refractivity contribution in [3.05, 3.63) is 102 Å². The molecule has 2 N–H and O–H groups in total. The highest BCUT2D eigenvalue weighted by molar-refractivity contribution is 7.98. The molecule has 11 heteroatoms. The Morgan fingerprint density at radius 1 is 1.03 bits per heavy atom. The second-order valence-corrected chi connectivity index (χ2v) is 8.28. The number of hydrogen-bond donors (Lipinski definition) is 2. The maximum absolute atomic E-state index is 14.2. The molecule has 7 nitrogen and oxygen atoms in total. The summed E-state index contributed by atoms with van der Waals surface area (Å²) in [6.45, 7) is 0. The molecule has 0 aliphatic rings. The van der Waals surface area contributed by atoms with Gasteiger partial charge in [-0.1, -0.05) is 41.0 Å². The van der Waals surface area contributed by atoms with Crippen molar-refractivity contribution in [1.29, 1.82) is 0 Å². The van der Waals surface area contributed by atoms with Crippen LogP contribution >= 0.6 is 35.0 Å².